The van der Waals surface area contributed by atoms with Gasteiger partial charge >= 0.3 is 5.97 Å². The van der Waals surface area contributed by atoms with Crippen LogP contribution in [-0.4, -0.2) is 46.1 Å². The largest absolute Gasteiger partial charge is 0.467 e. The molecule has 0 amide bonds. The first-order valence-corrected chi connectivity index (χ1v) is 7.05. The number of rotatable bonds is 9. The van der Waals surface area contributed by atoms with Crippen LogP contribution >= 0.6 is 0 Å². The summed E-state index contributed by atoms with van der Waals surface area (Å²) in [6, 6.07) is 9.58. The quantitative estimate of drug-likeness (QED) is 0.555. The highest BCUT2D eigenvalue weighted by molar-refractivity contribution is 5.83. The molecule has 0 fully saturated rings. The first-order valence-electron chi connectivity index (χ1n) is 7.05. The van der Waals surface area contributed by atoms with Crippen LogP contribution < -0.4 is 5.32 Å². The van der Waals surface area contributed by atoms with Crippen LogP contribution in [0.25, 0.3) is 0 Å². The highest BCUT2D eigenvalue weighted by Gasteiger charge is 2.42. The number of carbonyl (C=O) groups is 1. The minimum Gasteiger partial charge on any atom is -0.467 e. The second-order valence-corrected chi connectivity index (χ2v) is 5.11. The molecule has 0 radical (unpaired) electrons. The van der Waals surface area contributed by atoms with Gasteiger partial charge in [0.15, 0.2) is 5.54 Å². The molecule has 21 heavy (non-hydrogen) atoms. The molecule has 0 aliphatic rings. The van der Waals surface area contributed by atoms with Crippen molar-refractivity contribution in [3.8, 4) is 0 Å². The minimum atomic E-state index is -1.02. The average Bonchev–Trinajstić information content (AvgIpc) is 2.50. The number of nitrogens with one attached hydrogen (secondary N) is 1. The second kappa shape index (κ2) is 8.77. The van der Waals surface area contributed by atoms with Gasteiger partial charge in [-0.25, -0.2) is 4.79 Å². The van der Waals surface area contributed by atoms with Crippen molar-refractivity contribution in [2.24, 2.45) is 0 Å². The lowest BCUT2D eigenvalue weighted by Crippen LogP contribution is -2.55. The summed E-state index contributed by atoms with van der Waals surface area (Å²) in [6.45, 7) is 5.05. The van der Waals surface area contributed by atoms with E-state index < -0.39 is 5.54 Å². The van der Waals surface area contributed by atoms with Crippen LogP contribution in [0.5, 0.6) is 0 Å². The van der Waals surface area contributed by atoms with E-state index in [1.54, 1.807) is 7.11 Å². The number of hydrogen-bond donors (Lipinski definition) is 1. The van der Waals surface area contributed by atoms with E-state index in [1.165, 1.54) is 7.11 Å². The summed E-state index contributed by atoms with van der Waals surface area (Å²) in [6.07, 6.45) is 0. The van der Waals surface area contributed by atoms with Crippen molar-refractivity contribution < 1.29 is 19.0 Å². The van der Waals surface area contributed by atoms with Gasteiger partial charge in [0, 0.05) is 13.2 Å². The molecule has 1 aromatic rings. The fourth-order valence-electron chi connectivity index (χ4n) is 2.20. The van der Waals surface area contributed by atoms with Gasteiger partial charge in [0.1, 0.15) is 0 Å². The first-order chi connectivity index (χ1) is 10.1. The fourth-order valence-corrected chi connectivity index (χ4v) is 2.20. The first kappa shape index (κ1) is 17.6. The molecule has 0 aliphatic heterocycles. The number of esters is 1. The van der Waals surface area contributed by atoms with Gasteiger partial charge in [-0.15, -0.1) is 0 Å². The van der Waals surface area contributed by atoms with Crippen molar-refractivity contribution in [3.05, 3.63) is 35.9 Å². The lowest BCUT2D eigenvalue weighted by atomic mass is 9.89. The van der Waals surface area contributed by atoms with Crippen molar-refractivity contribution in [2.45, 2.75) is 25.4 Å². The van der Waals surface area contributed by atoms with E-state index in [1.807, 2.05) is 44.2 Å². The molecule has 118 valence electrons. The molecule has 1 unspecified atom stereocenters. The summed E-state index contributed by atoms with van der Waals surface area (Å²) in [5.41, 5.74) is -0.194. The van der Waals surface area contributed by atoms with Crippen LogP contribution in [0.2, 0.25) is 0 Å². The summed E-state index contributed by atoms with van der Waals surface area (Å²) in [4.78, 5) is 12.4. The van der Waals surface area contributed by atoms with Gasteiger partial charge in [-0.2, -0.15) is 0 Å². The van der Waals surface area contributed by atoms with Crippen LogP contribution in [0, 0.1) is 0 Å². The van der Waals surface area contributed by atoms with E-state index in [0.717, 1.165) is 5.56 Å². The Morgan fingerprint density at radius 2 is 1.86 bits per heavy atom. The number of methoxy groups -OCH3 is 2. The van der Waals surface area contributed by atoms with Crippen molar-refractivity contribution in [3.63, 3.8) is 0 Å². The maximum atomic E-state index is 12.4. The Bertz CT molecular complexity index is 422. The lowest BCUT2D eigenvalue weighted by molar-refractivity contribution is -0.153. The third kappa shape index (κ3) is 4.81. The van der Waals surface area contributed by atoms with Crippen LogP contribution in [0.15, 0.2) is 30.3 Å². The van der Waals surface area contributed by atoms with Crippen molar-refractivity contribution in [1.29, 1.82) is 0 Å². The summed E-state index contributed by atoms with van der Waals surface area (Å²) < 4.78 is 15.6. The molecular formula is C16H25NO4. The molecular weight excluding hydrogens is 270 g/mol. The van der Waals surface area contributed by atoms with E-state index in [0.29, 0.717) is 13.2 Å². The SMILES string of the molecule is COCCOCC(NC(C)C)(C(=O)OC)c1ccccc1. The van der Waals surface area contributed by atoms with Crippen LogP contribution in [0.1, 0.15) is 19.4 Å². The standard InChI is InChI=1S/C16H25NO4/c1-13(2)17-16(15(18)20-4,12-21-11-10-19-3)14-8-6-5-7-9-14/h5-9,13,17H,10-12H2,1-4H3. The van der Waals surface area contributed by atoms with Gasteiger partial charge in [-0.05, 0) is 19.4 Å². The van der Waals surface area contributed by atoms with E-state index in [9.17, 15) is 4.79 Å². The van der Waals surface area contributed by atoms with Gasteiger partial charge < -0.3 is 14.2 Å². The molecule has 1 N–H and O–H groups in total. The zero-order valence-corrected chi connectivity index (χ0v) is 13.2. The molecule has 1 aromatic carbocycles. The Hall–Kier alpha value is -1.43. The molecule has 1 atom stereocenters. The number of carbonyl (C=O) groups excluding carboxylic acids is 1. The third-order valence-electron chi connectivity index (χ3n) is 3.09. The fraction of sp³-hybridized carbons (Fsp3) is 0.562. The van der Waals surface area contributed by atoms with Crippen molar-refractivity contribution >= 4 is 5.97 Å². The molecule has 0 saturated heterocycles. The summed E-state index contributed by atoms with van der Waals surface area (Å²) in [5, 5.41) is 3.30. The summed E-state index contributed by atoms with van der Waals surface area (Å²) in [5.74, 6) is -0.361. The van der Waals surface area contributed by atoms with E-state index in [2.05, 4.69) is 5.32 Å². The average molecular weight is 295 g/mol. The predicted octanol–water partition coefficient (Wildman–Crippen LogP) is 1.72. The Balaban J connectivity index is 3.06. The zero-order valence-electron chi connectivity index (χ0n) is 13.2. The topological polar surface area (TPSA) is 56.8 Å². The van der Waals surface area contributed by atoms with Crippen molar-refractivity contribution in [2.75, 3.05) is 34.0 Å². The Morgan fingerprint density at radius 1 is 1.19 bits per heavy atom. The molecule has 0 heterocycles. The van der Waals surface area contributed by atoms with Crippen LogP contribution in [0.3, 0.4) is 0 Å². The van der Waals surface area contributed by atoms with E-state index in [-0.39, 0.29) is 18.6 Å². The predicted molar refractivity (Wildman–Crippen MR) is 81.1 cm³/mol. The monoisotopic (exact) mass is 295 g/mol. The number of hydrogen-bond acceptors (Lipinski definition) is 5. The van der Waals surface area contributed by atoms with Crippen LogP contribution in [-0.2, 0) is 24.5 Å². The summed E-state index contributed by atoms with van der Waals surface area (Å²) in [7, 11) is 3.00. The van der Waals surface area contributed by atoms with Gasteiger partial charge in [0.05, 0.1) is 26.9 Å². The highest BCUT2D eigenvalue weighted by atomic mass is 16.5. The second-order valence-electron chi connectivity index (χ2n) is 5.11. The Morgan fingerprint density at radius 3 is 2.38 bits per heavy atom. The molecule has 5 nitrogen and oxygen atoms in total. The molecule has 0 bridgehead atoms. The smallest absolute Gasteiger partial charge is 0.333 e. The summed E-state index contributed by atoms with van der Waals surface area (Å²) >= 11 is 0. The van der Waals surface area contributed by atoms with Gasteiger partial charge in [0.2, 0.25) is 0 Å². The Kier molecular flexibility index (Phi) is 7.36. The molecule has 0 spiro atoms. The molecule has 0 saturated carbocycles. The minimum absolute atomic E-state index is 0.0929. The maximum Gasteiger partial charge on any atom is 0.333 e. The van der Waals surface area contributed by atoms with Gasteiger partial charge in [-0.1, -0.05) is 30.3 Å². The van der Waals surface area contributed by atoms with Gasteiger partial charge in [-0.3, -0.25) is 5.32 Å². The number of ether oxygens (including phenoxy) is 3. The third-order valence-corrected chi connectivity index (χ3v) is 3.09. The van der Waals surface area contributed by atoms with Crippen molar-refractivity contribution in [1.82, 2.24) is 5.32 Å². The molecule has 1 rings (SSSR count). The maximum absolute atomic E-state index is 12.4. The molecule has 0 aliphatic carbocycles. The van der Waals surface area contributed by atoms with Crippen LogP contribution in [0.4, 0.5) is 0 Å². The number of benzene rings is 1. The van der Waals surface area contributed by atoms with Gasteiger partial charge in [0.25, 0.3) is 0 Å². The highest BCUT2D eigenvalue weighted by Crippen LogP contribution is 2.24. The Labute approximate surface area is 126 Å². The van der Waals surface area contributed by atoms with E-state index in [4.69, 9.17) is 14.2 Å². The lowest BCUT2D eigenvalue weighted by Gasteiger charge is -2.34. The normalized spacial score (nSPS) is 14.0. The van der Waals surface area contributed by atoms with E-state index >= 15 is 0 Å². The zero-order chi connectivity index (χ0) is 15.7. The molecule has 5 heteroatoms. The molecule has 0 aromatic heterocycles.